The number of rotatable bonds is 4. The molecule has 0 spiro atoms. The van der Waals surface area contributed by atoms with E-state index >= 15 is 0 Å². The number of hydrogen-bond acceptors (Lipinski definition) is 4. The molecule has 1 aliphatic rings. The van der Waals surface area contributed by atoms with E-state index in [1.165, 1.54) is 11.8 Å². The van der Waals surface area contributed by atoms with Crippen molar-refractivity contribution < 1.29 is 24.6 Å². The Hall–Kier alpha value is -1.63. The van der Waals surface area contributed by atoms with E-state index in [-0.39, 0.29) is 31.8 Å². The van der Waals surface area contributed by atoms with Crippen LogP contribution >= 0.6 is 0 Å². The summed E-state index contributed by atoms with van der Waals surface area (Å²) in [5, 5.41) is 20.5. The first-order valence-electron chi connectivity index (χ1n) is 5.35. The quantitative estimate of drug-likeness (QED) is 0.561. The van der Waals surface area contributed by atoms with Gasteiger partial charge in [-0.1, -0.05) is 0 Å². The molecule has 0 saturated carbocycles. The number of carboxylic acid groups (broad SMARTS) is 1. The molecule has 1 saturated heterocycles. The Balaban J connectivity index is 2.39. The van der Waals surface area contributed by atoms with Gasteiger partial charge in [0.15, 0.2) is 0 Å². The Morgan fingerprint density at radius 3 is 2.41 bits per heavy atom. The van der Waals surface area contributed by atoms with Gasteiger partial charge < -0.3 is 20.4 Å². The lowest BCUT2D eigenvalue weighted by Gasteiger charge is -2.15. The van der Waals surface area contributed by atoms with Crippen LogP contribution in [0.5, 0.6) is 0 Å². The number of carbonyl (C=O) groups excluding carboxylic acids is 2. The monoisotopic (exact) mass is 244 g/mol. The lowest BCUT2D eigenvalue weighted by Crippen LogP contribution is -2.43. The molecule has 2 amide bonds. The second-order valence-electron chi connectivity index (χ2n) is 4.06. The first-order chi connectivity index (χ1) is 7.90. The fourth-order valence-corrected chi connectivity index (χ4v) is 1.69. The molecular weight excluding hydrogens is 228 g/mol. The van der Waals surface area contributed by atoms with Crippen LogP contribution in [0.4, 0.5) is 0 Å². The second-order valence-corrected chi connectivity index (χ2v) is 4.06. The van der Waals surface area contributed by atoms with Crippen molar-refractivity contribution in [1.82, 2.24) is 10.2 Å². The third-order valence-corrected chi connectivity index (χ3v) is 2.65. The number of amides is 2. The maximum absolute atomic E-state index is 11.3. The number of aliphatic hydroxyl groups is 1. The highest BCUT2D eigenvalue weighted by molar-refractivity contribution is 5.81. The van der Waals surface area contributed by atoms with Gasteiger partial charge in [-0.25, -0.2) is 0 Å². The number of nitrogens with one attached hydrogen (secondary N) is 1. The largest absolute Gasteiger partial charge is 0.481 e. The van der Waals surface area contributed by atoms with Crippen molar-refractivity contribution in [3.8, 4) is 0 Å². The second kappa shape index (κ2) is 5.62. The summed E-state index contributed by atoms with van der Waals surface area (Å²) in [7, 11) is 0. The van der Waals surface area contributed by atoms with E-state index < -0.39 is 24.0 Å². The third kappa shape index (κ3) is 4.03. The molecule has 0 aromatic heterocycles. The Morgan fingerprint density at radius 2 is 1.94 bits per heavy atom. The minimum Gasteiger partial charge on any atom is -0.481 e. The molecule has 2 unspecified atom stereocenters. The van der Waals surface area contributed by atoms with Crippen molar-refractivity contribution >= 4 is 17.8 Å². The van der Waals surface area contributed by atoms with Gasteiger partial charge in [0.1, 0.15) is 0 Å². The van der Waals surface area contributed by atoms with E-state index in [0.29, 0.717) is 0 Å². The highest BCUT2D eigenvalue weighted by Gasteiger charge is 2.33. The van der Waals surface area contributed by atoms with Crippen LogP contribution in [0.25, 0.3) is 0 Å². The Bertz CT molecular complexity index is 331. The van der Waals surface area contributed by atoms with E-state index in [1.807, 2.05) is 0 Å². The van der Waals surface area contributed by atoms with Gasteiger partial charge in [-0.3, -0.25) is 14.4 Å². The maximum atomic E-state index is 11.3. The molecule has 17 heavy (non-hydrogen) atoms. The van der Waals surface area contributed by atoms with Gasteiger partial charge in [-0.15, -0.1) is 0 Å². The van der Waals surface area contributed by atoms with Crippen molar-refractivity contribution in [2.45, 2.75) is 31.9 Å². The molecule has 2 atom stereocenters. The van der Waals surface area contributed by atoms with Crippen molar-refractivity contribution in [2.24, 2.45) is 0 Å². The average molecular weight is 244 g/mol. The van der Waals surface area contributed by atoms with Crippen molar-refractivity contribution in [1.29, 1.82) is 0 Å². The molecular formula is C10H16N2O5. The van der Waals surface area contributed by atoms with Gasteiger partial charge in [0, 0.05) is 26.4 Å². The van der Waals surface area contributed by atoms with Crippen LogP contribution in [0.3, 0.4) is 0 Å². The molecule has 1 aliphatic heterocycles. The summed E-state index contributed by atoms with van der Waals surface area (Å²) in [5.74, 6) is -1.63. The van der Waals surface area contributed by atoms with Crippen molar-refractivity contribution in [3.05, 3.63) is 0 Å². The van der Waals surface area contributed by atoms with Crippen LogP contribution in [0, 0.1) is 0 Å². The normalized spacial score (nSPS) is 23.5. The lowest BCUT2D eigenvalue weighted by molar-refractivity contribution is -0.139. The molecule has 1 rings (SSSR count). The van der Waals surface area contributed by atoms with E-state index in [4.69, 9.17) is 5.11 Å². The van der Waals surface area contributed by atoms with Gasteiger partial charge in [0.2, 0.25) is 11.8 Å². The summed E-state index contributed by atoms with van der Waals surface area (Å²) in [6.45, 7) is 1.84. The number of carbonyl (C=O) groups is 3. The molecule has 0 bridgehead atoms. The predicted molar refractivity (Wildman–Crippen MR) is 57.1 cm³/mol. The Kier molecular flexibility index (Phi) is 4.45. The van der Waals surface area contributed by atoms with Crippen LogP contribution in [0.1, 0.15) is 19.8 Å². The molecule has 7 heteroatoms. The molecule has 96 valence electrons. The summed E-state index contributed by atoms with van der Waals surface area (Å²) >= 11 is 0. The van der Waals surface area contributed by atoms with E-state index in [0.717, 1.165) is 0 Å². The fraction of sp³-hybridized carbons (Fsp3) is 0.700. The van der Waals surface area contributed by atoms with Gasteiger partial charge in [0.05, 0.1) is 18.6 Å². The molecule has 1 fully saturated rings. The molecule has 0 aromatic carbocycles. The van der Waals surface area contributed by atoms with Crippen LogP contribution in [0.15, 0.2) is 0 Å². The highest BCUT2D eigenvalue weighted by atomic mass is 16.4. The van der Waals surface area contributed by atoms with E-state index in [2.05, 4.69) is 5.32 Å². The number of carboxylic acids is 1. The van der Waals surface area contributed by atoms with E-state index in [9.17, 15) is 19.5 Å². The molecule has 0 aromatic rings. The topological polar surface area (TPSA) is 107 Å². The predicted octanol–water partition coefficient (Wildman–Crippen LogP) is -1.44. The zero-order chi connectivity index (χ0) is 13.0. The van der Waals surface area contributed by atoms with E-state index in [1.54, 1.807) is 0 Å². The summed E-state index contributed by atoms with van der Waals surface area (Å²) in [6, 6.07) is -0.514. The SMILES string of the molecule is CC(=O)N1CC(O)C(NC(=O)CCC(=O)O)C1. The first kappa shape index (κ1) is 13.4. The molecule has 7 nitrogen and oxygen atoms in total. The third-order valence-electron chi connectivity index (χ3n) is 2.65. The minimum atomic E-state index is -1.04. The molecule has 0 radical (unpaired) electrons. The number of aliphatic carboxylic acids is 1. The van der Waals surface area contributed by atoms with Gasteiger partial charge in [-0.05, 0) is 0 Å². The number of aliphatic hydroxyl groups excluding tert-OH is 1. The highest BCUT2D eigenvalue weighted by Crippen LogP contribution is 2.10. The van der Waals surface area contributed by atoms with Gasteiger partial charge in [-0.2, -0.15) is 0 Å². The summed E-state index contributed by atoms with van der Waals surface area (Å²) < 4.78 is 0. The summed E-state index contributed by atoms with van der Waals surface area (Å²) in [5.41, 5.74) is 0. The molecule has 0 aliphatic carbocycles. The van der Waals surface area contributed by atoms with Crippen molar-refractivity contribution in [3.63, 3.8) is 0 Å². The van der Waals surface area contributed by atoms with Crippen LogP contribution in [-0.4, -0.2) is 58.1 Å². The zero-order valence-corrected chi connectivity index (χ0v) is 9.55. The first-order valence-corrected chi connectivity index (χ1v) is 5.35. The number of hydrogen-bond donors (Lipinski definition) is 3. The maximum Gasteiger partial charge on any atom is 0.303 e. The average Bonchev–Trinajstić information content (AvgIpc) is 2.58. The number of nitrogens with zero attached hydrogens (tertiary/aromatic N) is 1. The molecule has 3 N–H and O–H groups in total. The lowest BCUT2D eigenvalue weighted by atomic mass is 10.2. The van der Waals surface area contributed by atoms with Gasteiger partial charge >= 0.3 is 5.97 Å². The Labute approximate surface area is 98.4 Å². The zero-order valence-electron chi connectivity index (χ0n) is 9.55. The minimum absolute atomic E-state index is 0.126. The van der Waals surface area contributed by atoms with Crippen molar-refractivity contribution in [2.75, 3.05) is 13.1 Å². The summed E-state index contributed by atoms with van der Waals surface area (Å²) in [6.07, 6.45) is -1.17. The number of β-amino-alcohol motifs (C(OH)–C–C–N with tert-alkyl or cyclic N) is 1. The Morgan fingerprint density at radius 1 is 1.29 bits per heavy atom. The molecule has 1 heterocycles. The van der Waals surface area contributed by atoms with Gasteiger partial charge in [0.25, 0.3) is 0 Å². The van der Waals surface area contributed by atoms with Crippen LogP contribution in [0.2, 0.25) is 0 Å². The smallest absolute Gasteiger partial charge is 0.303 e. The number of likely N-dealkylation sites (tertiary alicyclic amines) is 1. The van der Waals surface area contributed by atoms with Crippen LogP contribution in [-0.2, 0) is 14.4 Å². The standard InChI is InChI=1S/C10H16N2O5/c1-6(13)12-4-7(8(14)5-12)11-9(15)2-3-10(16)17/h7-8,14H,2-5H2,1H3,(H,11,15)(H,16,17). The fourth-order valence-electron chi connectivity index (χ4n) is 1.69. The summed E-state index contributed by atoms with van der Waals surface area (Å²) in [4.78, 5) is 34.1. The van der Waals surface area contributed by atoms with Crippen LogP contribution < -0.4 is 5.32 Å².